The highest BCUT2D eigenvalue weighted by Crippen LogP contribution is 2.11. The van der Waals surface area contributed by atoms with Crippen molar-refractivity contribution in [2.45, 2.75) is 13.8 Å². The molecule has 12 heavy (non-hydrogen) atoms. The molecule has 2 nitrogen and oxygen atoms in total. The van der Waals surface area contributed by atoms with E-state index in [1.165, 1.54) is 32.0 Å². The lowest BCUT2D eigenvalue weighted by Gasteiger charge is -1.88. The first-order chi connectivity index (χ1) is 5.54. The van der Waals surface area contributed by atoms with Gasteiger partial charge in [-0.05, 0) is 26.0 Å². The van der Waals surface area contributed by atoms with Crippen LogP contribution in [0.25, 0.3) is 0 Å². The van der Waals surface area contributed by atoms with E-state index in [1.807, 2.05) is 0 Å². The number of ketones is 1. The zero-order valence-corrected chi connectivity index (χ0v) is 7.04. The summed E-state index contributed by atoms with van der Waals surface area (Å²) in [6.07, 6.45) is 0. The first kappa shape index (κ1) is 10.6. The summed E-state index contributed by atoms with van der Waals surface area (Å²) >= 11 is 0. The van der Waals surface area contributed by atoms with Crippen molar-refractivity contribution in [1.82, 2.24) is 0 Å². The van der Waals surface area contributed by atoms with Crippen LogP contribution >= 0.6 is 0 Å². The van der Waals surface area contributed by atoms with Gasteiger partial charge in [0.25, 0.3) is 0 Å². The second-order valence-electron chi connectivity index (χ2n) is 2.36. The Morgan fingerprint density at radius 3 is 2.00 bits per heavy atom. The average molecular weight is 170 g/mol. The van der Waals surface area contributed by atoms with Gasteiger partial charge < -0.3 is 9.90 Å². The average Bonchev–Trinajstić information content (AvgIpc) is 1.94. The molecule has 66 valence electrons. The first-order valence-corrected chi connectivity index (χ1v) is 3.44. The van der Waals surface area contributed by atoms with Crippen LogP contribution in [0.3, 0.4) is 0 Å². The molecule has 0 spiro atoms. The highest BCUT2D eigenvalue weighted by Gasteiger charge is 1.91. The summed E-state index contributed by atoms with van der Waals surface area (Å²) in [5.74, 6) is -0.708. The molecule has 0 saturated carbocycles. The van der Waals surface area contributed by atoms with Crippen LogP contribution in [0.15, 0.2) is 24.3 Å². The summed E-state index contributed by atoms with van der Waals surface area (Å²) < 4.78 is 12.1. The van der Waals surface area contributed by atoms with Crippen LogP contribution in [-0.2, 0) is 4.79 Å². The number of phenolic OH excluding ortho intramolecular Hbond substituents is 1. The molecular formula is C9H11FO2. The molecule has 1 aromatic rings. The molecule has 1 N–H and O–H groups in total. The molecule has 0 amide bonds. The van der Waals surface area contributed by atoms with E-state index in [0.29, 0.717) is 0 Å². The van der Waals surface area contributed by atoms with Gasteiger partial charge in [-0.2, -0.15) is 0 Å². The number of aromatic hydroxyl groups is 1. The molecule has 3 heteroatoms. The van der Waals surface area contributed by atoms with Gasteiger partial charge in [0.1, 0.15) is 5.78 Å². The monoisotopic (exact) mass is 170 g/mol. The molecule has 0 aliphatic carbocycles. The molecule has 0 aliphatic rings. The van der Waals surface area contributed by atoms with Gasteiger partial charge in [-0.15, -0.1) is 0 Å². The maximum Gasteiger partial charge on any atom is 0.164 e. The van der Waals surface area contributed by atoms with Gasteiger partial charge in [-0.1, -0.05) is 12.1 Å². The second kappa shape index (κ2) is 5.29. The topological polar surface area (TPSA) is 37.3 Å². The Labute approximate surface area is 70.7 Å². The Kier molecular flexibility index (Phi) is 4.69. The van der Waals surface area contributed by atoms with Crippen molar-refractivity contribution in [3.8, 4) is 5.75 Å². The van der Waals surface area contributed by atoms with Gasteiger partial charge in [0.05, 0.1) is 0 Å². The second-order valence-corrected chi connectivity index (χ2v) is 2.36. The van der Waals surface area contributed by atoms with Crippen LogP contribution in [-0.4, -0.2) is 10.9 Å². The Morgan fingerprint density at radius 1 is 1.33 bits per heavy atom. The molecule has 0 radical (unpaired) electrons. The highest BCUT2D eigenvalue weighted by molar-refractivity contribution is 5.72. The van der Waals surface area contributed by atoms with Crippen molar-refractivity contribution in [3.05, 3.63) is 30.1 Å². The summed E-state index contributed by atoms with van der Waals surface area (Å²) in [6, 6.07) is 5.60. The zero-order valence-electron chi connectivity index (χ0n) is 7.04. The molecule has 0 fully saturated rings. The van der Waals surface area contributed by atoms with Crippen LogP contribution in [0.2, 0.25) is 0 Å². The third-order valence-corrected chi connectivity index (χ3v) is 0.852. The molecular weight excluding hydrogens is 159 g/mol. The van der Waals surface area contributed by atoms with Crippen LogP contribution < -0.4 is 0 Å². The standard InChI is InChI=1S/C6H5FO.C3H6O/c7-5-3-1-2-4-6(5)8;1-3(2)4/h1-4,8H;1-2H3. The minimum Gasteiger partial charge on any atom is -0.505 e. The third kappa shape index (κ3) is 5.41. The largest absolute Gasteiger partial charge is 0.505 e. The molecule has 0 heterocycles. The molecule has 0 bridgehead atoms. The summed E-state index contributed by atoms with van der Waals surface area (Å²) in [5, 5.41) is 8.54. The quantitative estimate of drug-likeness (QED) is 0.647. The van der Waals surface area contributed by atoms with E-state index in [9.17, 15) is 9.18 Å². The van der Waals surface area contributed by atoms with Crippen molar-refractivity contribution in [2.75, 3.05) is 0 Å². The van der Waals surface area contributed by atoms with E-state index in [4.69, 9.17) is 5.11 Å². The van der Waals surface area contributed by atoms with E-state index in [1.54, 1.807) is 6.07 Å². The lowest BCUT2D eigenvalue weighted by molar-refractivity contribution is -0.114. The predicted octanol–water partition coefficient (Wildman–Crippen LogP) is 2.13. The Balaban J connectivity index is 0.000000261. The number of carbonyl (C=O) groups is 1. The minimum atomic E-state index is -0.576. The van der Waals surface area contributed by atoms with Crippen molar-refractivity contribution >= 4 is 5.78 Å². The van der Waals surface area contributed by atoms with Crippen molar-refractivity contribution in [2.24, 2.45) is 0 Å². The maximum atomic E-state index is 12.1. The Hall–Kier alpha value is -1.38. The minimum absolute atomic E-state index is 0.167. The lowest BCUT2D eigenvalue weighted by atomic mass is 10.3. The van der Waals surface area contributed by atoms with Crippen LogP contribution in [0.5, 0.6) is 5.75 Å². The fourth-order valence-electron chi connectivity index (χ4n) is 0.452. The van der Waals surface area contributed by atoms with Crippen molar-refractivity contribution in [3.63, 3.8) is 0 Å². The summed E-state index contributed by atoms with van der Waals surface area (Å²) in [7, 11) is 0. The van der Waals surface area contributed by atoms with Crippen molar-refractivity contribution in [1.29, 1.82) is 0 Å². The molecule has 0 atom stereocenters. The van der Waals surface area contributed by atoms with E-state index in [2.05, 4.69) is 0 Å². The van der Waals surface area contributed by atoms with Gasteiger partial charge in [0, 0.05) is 0 Å². The van der Waals surface area contributed by atoms with E-state index < -0.39 is 5.82 Å². The molecule has 1 rings (SSSR count). The number of para-hydroxylation sites is 1. The van der Waals surface area contributed by atoms with Crippen LogP contribution in [0.4, 0.5) is 4.39 Å². The number of benzene rings is 1. The van der Waals surface area contributed by atoms with Gasteiger partial charge in [-0.3, -0.25) is 0 Å². The van der Waals surface area contributed by atoms with Crippen molar-refractivity contribution < 1.29 is 14.3 Å². The maximum absolute atomic E-state index is 12.1. The predicted molar refractivity (Wildman–Crippen MR) is 44.4 cm³/mol. The SMILES string of the molecule is CC(C)=O.Oc1ccccc1F. The number of rotatable bonds is 0. The molecule has 0 aromatic heterocycles. The fraction of sp³-hybridized carbons (Fsp3) is 0.222. The van der Waals surface area contributed by atoms with Gasteiger partial charge in [0.2, 0.25) is 0 Å². The molecule has 0 unspecified atom stereocenters. The normalized spacial score (nSPS) is 8.25. The zero-order chi connectivity index (χ0) is 9.56. The number of phenols is 1. The number of hydrogen-bond donors (Lipinski definition) is 1. The van der Waals surface area contributed by atoms with Gasteiger partial charge in [-0.25, -0.2) is 4.39 Å². The fourth-order valence-corrected chi connectivity index (χ4v) is 0.452. The summed E-state index contributed by atoms with van der Waals surface area (Å²) in [5.41, 5.74) is 0. The number of hydrogen-bond acceptors (Lipinski definition) is 2. The molecule has 1 aromatic carbocycles. The first-order valence-electron chi connectivity index (χ1n) is 3.44. The summed E-state index contributed by atoms with van der Waals surface area (Å²) in [6.45, 7) is 3.06. The lowest BCUT2D eigenvalue weighted by Crippen LogP contribution is -1.70. The number of carbonyl (C=O) groups excluding carboxylic acids is 1. The summed E-state index contributed by atoms with van der Waals surface area (Å²) in [4.78, 5) is 9.44. The van der Waals surface area contributed by atoms with E-state index in [0.717, 1.165) is 0 Å². The highest BCUT2D eigenvalue weighted by atomic mass is 19.1. The number of halogens is 1. The Morgan fingerprint density at radius 2 is 1.75 bits per heavy atom. The molecule has 0 saturated heterocycles. The van der Waals surface area contributed by atoms with Crippen LogP contribution in [0.1, 0.15) is 13.8 Å². The van der Waals surface area contributed by atoms with Gasteiger partial charge in [0.15, 0.2) is 11.6 Å². The van der Waals surface area contributed by atoms with E-state index in [-0.39, 0.29) is 11.5 Å². The van der Waals surface area contributed by atoms with E-state index >= 15 is 0 Å². The smallest absolute Gasteiger partial charge is 0.164 e. The van der Waals surface area contributed by atoms with Gasteiger partial charge >= 0.3 is 0 Å². The Bertz CT molecular complexity index is 233. The number of Topliss-reactive ketones (excluding diaryl/α,β-unsaturated/α-hetero) is 1. The van der Waals surface area contributed by atoms with Crippen LogP contribution in [0, 0.1) is 5.82 Å². The third-order valence-electron chi connectivity index (χ3n) is 0.852. The molecule has 0 aliphatic heterocycles.